The van der Waals surface area contributed by atoms with Gasteiger partial charge in [-0.3, -0.25) is 4.79 Å². The maximum Gasteiger partial charge on any atom is 0.220 e. The zero-order chi connectivity index (χ0) is 7.28. The number of primary amides is 1. The number of amides is 1. The first-order valence-corrected chi connectivity index (χ1v) is 3.72. The van der Waals surface area contributed by atoms with Crippen LogP contribution in [0.15, 0.2) is 0 Å². The van der Waals surface area contributed by atoms with Crippen LogP contribution in [-0.4, -0.2) is 11.7 Å². The van der Waals surface area contributed by atoms with Gasteiger partial charge in [-0.05, 0) is 18.6 Å². The molecule has 0 aromatic heterocycles. The molecule has 0 rings (SSSR count). The molecule has 2 N–H and O–H groups in total. The predicted molar refractivity (Wildman–Crippen MR) is 41.4 cm³/mol. The summed E-state index contributed by atoms with van der Waals surface area (Å²) in [5.41, 5.74) is 5.01. The lowest BCUT2D eigenvalue weighted by molar-refractivity contribution is -0.121. The van der Waals surface area contributed by atoms with Gasteiger partial charge in [-0.25, -0.2) is 0 Å². The second-order valence-electron chi connectivity index (χ2n) is 2.17. The molecule has 2 nitrogen and oxygen atoms in total. The van der Waals surface area contributed by atoms with E-state index in [0.717, 1.165) is 18.6 Å². The van der Waals surface area contributed by atoms with Gasteiger partial charge in [0.15, 0.2) is 0 Å². The molecule has 0 heterocycles. The average Bonchev–Trinajstić information content (AvgIpc) is 1.82. The van der Waals surface area contributed by atoms with Crippen molar-refractivity contribution in [3.05, 3.63) is 0 Å². The van der Waals surface area contributed by atoms with Gasteiger partial charge in [-0.1, -0.05) is 6.92 Å². The lowest BCUT2D eigenvalue weighted by atomic mass is 10.1. The molecule has 0 saturated carbocycles. The van der Waals surface area contributed by atoms with Crippen LogP contribution in [0.2, 0.25) is 0 Å². The molecule has 1 atom stereocenters. The van der Waals surface area contributed by atoms with E-state index in [1.54, 1.807) is 0 Å². The van der Waals surface area contributed by atoms with Gasteiger partial charge < -0.3 is 5.73 Å². The molecule has 54 valence electrons. The van der Waals surface area contributed by atoms with E-state index >= 15 is 0 Å². The van der Waals surface area contributed by atoms with E-state index in [0.29, 0.717) is 0 Å². The molecular weight excluding hydrogens is 134 g/mol. The topological polar surface area (TPSA) is 43.1 Å². The monoisotopic (exact) mass is 147 g/mol. The summed E-state index contributed by atoms with van der Waals surface area (Å²) in [6, 6.07) is 0. The Hall–Kier alpha value is -0.180. The summed E-state index contributed by atoms with van der Waals surface area (Å²) in [6.07, 6.45) is 1.83. The van der Waals surface area contributed by atoms with Crippen LogP contribution in [-0.2, 0) is 4.79 Å². The molecule has 0 spiro atoms. The Balaban J connectivity index is 3.27. The summed E-state index contributed by atoms with van der Waals surface area (Å²) >= 11 is 4.01. The highest BCUT2D eigenvalue weighted by molar-refractivity contribution is 7.80. The van der Waals surface area contributed by atoms with E-state index in [2.05, 4.69) is 12.6 Å². The van der Waals surface area contributed by atoms with Crippen LogP contribution in [0.4, 0.5) is 0 Å². The fourth-order valence-electron chi connectivity index (χ4n) is 0.540. The summed E-state index contributed by atoms with van der Waals surface area (Å²) in [5.74, 6) is 0.631. The quantitative estimate of drug-likeness (QED) is 0.568. The Labute approximate surface area is 61.2 Å². The highest BCUT2D eigenvalue weighted by Gasteiger charge is 2.05. The van der Waals surface area contributed by atoms with Gasteiger partial charge in [0.25, 0.3) is 0 Å². The largest absolute Gasteiger partial charge is 0.369 e. The van der Waals surface area contributed by atoms with Crippen molar-refractivity contribution in [1.82, 2.24) is 0 Å². The molecule has 0 fully saturated rings. The normalized spacial score (nSPS) is 13.1. The molecule has 0 aliphatic heterocycles. The first-order chi connectivity index (χ1) is 4.18. The maximum absolute atomic E-state index is 10.4. The van der Waals surface area contributed by atoms with Gasteiger partial charge in [0.1, 0.15) is 0 Å². The Morgan fingerprint density at radius 2 is 2.33 bits per heavy atom. The molecule has 0 bridgehead atoms. The van der Waals surface area contributed by atoms with E-state index in [1.165, 1.54) is 0 Å². The van der Waals surface area contributed by atoms with Crippen LogP contribution in [0.25, 0.3) is 0 Å². The van der Waals surface area contributed by atoms with Crippen molar-refractivity contribution < 1.29 is 4.79 Å². The third-order valence-corrected chi connectivity index (χ3v) is 1.60. The summed E-state index contributed by atoms with van der Waals surface area (Å²) in [4.78, 5) is 10.4. The second-order valence-corrected chi connectivity index (χ2v) is 2.62. The highest BCUT2D eigenvalue weighted by Crippen LogP contribution is 2.04. The van der Waals surface area contributed by atoms with Gasteiger partial charge in [-0.15, -0.1) is 0 Å². The Morgan fingerprint density at radius 1 is 1.78 bits per heavy atom. The van der Waals surface area contributed by atoms with E-state index in [9.17, 15) is 4.79 Å². The fourth-order valence-corrected chi connectivity index (χ4v) is 0.722. The van der Waals surface area contributed by atoms with Gasteiger partial charge in [0.05, 0.1) is 0 Å². The molecule has 0 aliphatic rings. The first-order valence-electron chi connectivity index (χ1n) is 3.08. The minimum atomic E-state index is -0.211. The van der Waals surface area contributed by atoms with Crippen LogP contribution in [0.1, 0.15) is 19.8 Å². The van der Waals surface area contributed by atoms with Crippen LogP contribution in [0, 0.1) is 5.92 Å². The molecule has 3 heteroatoms. The smallest absolute Gasteiger partial charge is 0.220 e. The van der Waals surface area contributed by atoms with Crippen molar-refractivity contribution in [2.45, 2.75) is 19.8 Å². The number of rotatable bonds is 4. The minimum Gasteiger partial charge on any atom is -0.369 e. The lowest BCUT2D eigenvalue weighted by Crippen LogP contribution is -2.20. The third kappa shape index (κ3) is 4.33. The van der Waals surface area contributed by atoms with Crippen LogP contribution in [0.3, 0.4) is 0 Å². The molecular formula is C6H13NOS. The average molecular weight is 147 g/mol. The third-order valence-electron chi connectivity index (χ3n) is 1.28. The lowest BCUT2D eigenvalue weighted by Gasteiger charge is -2.03. The number of carbonyl (C=O) groups is 1. The van der Waals surface area contributed by atoms with Crippen molar-refractivity contribution in [1.29, 1.82) is 0 Å². The molecule has 0 saturated heterocycles. The molecule has 0 aromatic carbocycles. The summed E-state index contributed by atoms with van der Waals surface area (Å²) in [7, 11) is 0. The molecule has 9 heavy (non-hydrogen) atoms. The molecule has 0 aliphatic carbocycles. The molecule has 1 amide bonds. The van der Waals surface area contributed by atoms with Crippen molar-refractivity contribution in [2.75, 3.05) is 5.75 Å². The van der Waals surface area contributed by atoms with E-state index in [4.69, 9.17) is 5.73 Å². The second kappa shape index (κ2) is 4.68. The Morgan fingerprint density at radius 3 is 2.67 bits per heavy atom. The number of thiol groups is 1. The van der Waals surface area contributed by atoms with Gasteiger partial charge >= 0.3 is 0 Å². The van der Waals surface area contributed by atoms with E-state index in [-0.39, 0.29) is 11.8 Å². The van der Waals surface area contributed by atoms with Crippen molar-refractivity contribution in [3.8, 4) is 0 Å². The summed E-state index contributed by atoms with van der Waals surface area (Å²) in [6.45, 7) is 1.84. The summed E-state index contributed by atoms with van der Waals surface area (Å²) in [5, 5.41) is 0. The molecule has 0 aromatic rings. The number of hydrogen-bond donors (Lipinski definition) is 2. The van der Waals surface area contributed by atoms with E-state index in [1.807, 2.05) is 6.92 Å². The van der Waals surface area contributed by atoms with Crippen molar-refractivity contribution in [2.24, 2.45) is 11.7 Å². The predicted octanol–water partition coefficient (Wildman–Crippen LogP) is 0.818. The number of carbonyl (C=O) groups excluding carboxylic acids is 1. The zero-order valence-electron chi connectivity index (χ0n) is 5.63. The van der Waals surface area contributed by atoms with Crippen molar-refractivity contribution in [3.63, 3.8) is 0 Å². The first kappa shape index (κ1) is 8.82. The summed E-state index contributed by atoms with van der Waals surface area (Å²) < 4.78 is 0. The Kier molecular flexibility index (Phi) is 4.58. The SMILES string of the molecule is CC(CCCS)C(N)=O. The van der Waals surface area contributed by atoms with Crippen molar-refractivity contribution >= 4 is 18.5 Å². The van der Waals surface area contributed by atoms with Gasteiger partial charge in [-0.2, -0.15) is 12.6 Å². The van der Waals surface area contributed by atoms with Gasteiger partial charge in [0, 0.05) is 5.92 Å². The highest BCUT2D eigenvalue weighted by atomic mass is 32.1. The van der Waals surface area contributed by atoms with E-state index < -0.39 is 0 Å². The van der Waals surface area contributed by atoms with Crippen LogP contribution < -0.4 is 5.73 Å². The Bertz CT molecular complexity index is 95.1. The maximum atomic E-state index is 10.4. The number of nitrogens with two attached hydrogens (primary N) is 1. The zero-order valence-corrected chi connectivity index (χ0v) is 6.53. The minimum absolute atomic E-state index is 0.0112. The molecule has 1 unspecified atom stereocenters. The molecule has 0 radical (unpaired) electrons. The van der Waals surface area contributed by atoms with Crippen LogP contribution in [0.5, 0.6) is 0 Å². The van der Waals surface area contributed by atoms with Gasteiger partial charge in [0.2, 0.25) is 5.91 Å². The standard InChI is InChI=1S/C6H13NOS/c1-5(6(7)8)3-2-4-9/h5,9H,2-4H2,1H3,(H2,7,8). The van der Waals surface area contributed by atoms with Crippen LogP contribution >= 0.6 is 12.6 Å². The number of hydrogen-bond acceptors (Lipinski definition) is 2. The fraction of sp³-hybridized carbons (Fsp3) is 0.833.